The zero-order valence-corrected chi connectivity index (χ0v) is 13.8. The minimum atomic E-state index is -0.289. The molecule has 0 aliphatic heterocycles. The van der Waals surface area contributed by atoms with Gasteiger partial charge in [-0.15, -0.1) is 0 Å². The van der Waals surface area contributed by atoms with E-state index in [9.17, 15) is 4.79 Å². The van der Waals surface area contributed by atoms with Gasteiger partial charge in [-0.2, -0.15) is 0 Å². The molecular weight excluding hydrogens is 312 g/mol. The van der Waals surface area contributed by atoms with Gasteiger partial charge in [-0.05, 0) is 43.7 Å². The van der Waals surface area contributed by atoms with Crippen molar-refractivity contribution >= 4 is 39.3 Å². The summed E-state index contributed by atoms with van der Waals surface area (Å²) in [4.78, 5) is 15.6. The van der Waals surface area contributed by atoms with E-state index >= 15 is 0 Å². The van der Waals surface area contributed by atoms with Gasteiger partial charge in [-0.25, -0.2) is 0 Å². The van der Waals surface area contributed by atoms with E-state index < -0.39 is 0 Å². The summed E-state index contributed by atoms with van der Waals surface area (Å²) >= 11 is 6.07. The van der Waals surface area contributed by atoms with Gasteiger partial charge >= 0.3 is 0 Å². The first-order valence-electron chi connectivity index (χ1n) is 7.61. The van der Waals surface area contributed by atoms with E-state index in [2.05, 4.69) is 10.3 Å². The maximum absolute atomic E-state index is 12.2. The molecular formula is C18H19ClN2O2. The predicted octanol–water partition coefficient (Wildman–Crippen LogP) is 3.58. The third kappa shape index (κ3) is 3.05. The lowest BCUT2D eigenvalue weighted by molar-refractivity contribution is -0.123. The monoisotopic (exact) mass is 330 g/mol. The number of halogens is 1. The lowest BCUT2D eigenvalue weighted by Gasteiger charge is -2.16. The number of fused-ring (bicyclic) bond motifs is 3. The van der Waals surface area contributed by atoms with Crippen molar-refractivity contribution in [2.75, 3.05) is 6.61 Å². The fraction of sp³-hybridized carbons (Fsp3) is 0.278. The Morgan fingerprint density at radius 1 is 1.17 bits per heavy atom. The Morgan fingerprint density at radius 3 is 2.70 bits per heavy atom. The van der Waals surface area contributed by atoms with Crippen molar-refractivity contribution in [1.82, 2.24) is 10.3 Å². The zero-order chi connectivity index (χ0) is 16.6. The number of aliphatic hydroxyl groups is 1. The molecule has 3 aromatic rings. The first kappa shape index (κ1) is 15.8. The topological polar surface area (TPSA) is 65.1 Å². The normalized spacial score (nSPS) is 14.1. The summed E-state index contributed by atoms with van der Waals surface area (Å²) in [5, 5.41) is 14.7. The molecule has 0 spiro atoms. The number of hydrogen-bond donors (Lipinski definition) is 3. The molecule has 0 aliphatic carbocycles. The molecule has 120 valence electrons. The number of aliphatic hydroxyl groups excluding tert-OH is 1. The second-order valence-corrected chi connectivity index (χ2v) is 6.37. The summed E-state index contributed by atoms with van der Waals surface area (Å²) < 4.78 is 0. The van der Waals surface area contributed by atoms with E-state index in [0.29, 0.717) is 5.02 Å². The number of aromatic nitrogens is 1. The molecule has 5 heteroatoms. The van der Waals surface area contributed by atoms with Crippen molar-refractivity contribution in [3.05, 3.63) is 47.0 Å². The number of amides is 1. The van der Waals surface area contributed by atoms with Crippen LogP contribution in [0.25, 0.3) is 21.8 Å². The molecule has 2 aromatic carbocycles. The second-order valence-electron chi connectivity index (χ2n) is 5.93. The predicted molar refractivity (Wildman–Crippen MR) is 93.9 cm³/mol. The van der Waals surface area contributed by atoms with E-state index in [0.717, 1.165) is 27.4 Å². The highest BCUT2D eigenvalue weighted by Gasteiger charge is 2.18. The summed E-state index contributed by atoms with van der Waals surface area (Å²) in [6.45, 7) is 3.57. The maximum atomic E-state index is 12.2. The lowest BCUT2D eigenvalue weighted by atomic mass is 9.98. The van der Waals surface area contributed by atoms with Crippen LogP contribution >= 0.6 is 11.6 Å². The molecule has 0 fully saturated rings. The molecule has 0 aliphatic rings. The van der Waals surface area contributed by atoms with Crippen molar-refractivity contribution < 1.29 is 9.90 Å². The minimum absolute atomic E-state index is 0.0692. The third-order valence-corrected chi connectivity index (χ3v) is 4.38. The van der Waals surface area contributed by atoms with Crippen LogP contribution in [-0.4, -0.2) is 28.6 Å². The minimum Gasteiger partial charge on any atom is -0.394 e. The third-order valence-electron chi connectivity index (χ3n) is 4.14. The van der Waals surface area contributed by atoms with Crippen molar-refractivity contribution in [1.29, 1.82) is 0 Å². The molecule has 23 heavy (non-hydrogen) atoms. The van der Waals surface area contributed by atoms with E-state index in [1.54, 1.807) is 6.92 Å². The van der Waals surface area contributed by atoms with Crippen molar-refractivity contribution in [3.63, 3.8) is 0 Å². The van der Waals surface area contributed by atoms with Crippen LogP contribution in [-0.2, 0) is 4.79 Å². The van der Waals surface area contributed by atoms with Crippen LogP contribution < -0.4 is 5.32 Å². The number of aromatic amines is 1. The standard InChI is InChI=1S/C18H19ClN2O2/c1-10(9-22)20-18(23)11(2)12-3-5-14-15-8-13(19)4-6-16(15)21-17(14)7-12/h3-8,10-11,21-22H,9H2,1-2H3,(H,20,23)/t10-,11+/m0/s1. The van der Waals surface area contributed by atoms with Gasteiger partial charge in [0.1, 0.15) is 0 Å². The number of hydrogen-bond acceptors (Lipinski definition) is 2. The zero-order valence-electron chi connectivity index (χ0n) is 13.1. The summed E-state index contributed by atoms with van der Waals surface area (Å²) in [6, 6.07) is 11.5. The highest BCUT2D eigenvalue weighted by Crippen LogP contribution is 2.30. The lowest BCUT2D eigenvalue weighted by Crippen LogP contribution is -2.37. The Labute approximate surface area is 139 Å². The van der Waals surface area contributed by atoms with Crippen LogP contribution in [0.4, 0.5) is 0 Å². The molecule has 1 amide bonds. The molecule has 1 heterocycles. The molecule has 2 atom stereocenters. The van der Waals surface area contributed by atoms with Gasteiger partial charge in [-0.3, -0.25) is 4.79 Å². The molecule has 0 unspecified atom stereocenters. The Balaban J connectivity index is 1.96. The average Bonchev–Trinajstić information content (AvgIpc) is 2.90. The summed E-state index contributed by atoms with van der Waals surface area (Å²) in [5.74, 6) is -0.381. The van der Waals surface area contributed by atoms with E-state index in [4.69, 9.17) is 16.7 Å². The van der Waals surface area contributed by atoms with E-state index in [1.807, 2.05) is 43.3 Å². The highest BCUT2D eigenvalue weighted by atomic mass is 35.5. The summed E-state index contributed by atoms with van der Waals surface area (Å²) in [6.07, 6.45) is 0. The number of carbonyl (C=O) groups excluding carboxylic acids is 1. The molecule has 1 aromatic heterocycles. The Bertz CT molecular complexity index is 872. The van der Waals surface area contributed by atoms with Crippen LogP contribution in [0.2, 0.25) is 5.02 Å². The van der Waals surface area contributed by atoms with Gasteiger partial charge < -0.3 is 15.4 Å². The summed E-state index contributed by atoms with van der Waals surface area (Å²) in [5.41, 5.74) is 2.93. The van der Waals surface area contributed by atoms with Gasteiger partial charge in [0.05, 0.1) is 12.5 Å². The van der Waals surface area contributed by atoms with Crippen molar-refractivity contribution in [2.45, 2.75) is 25.8 Å². The number of H-pyrrole nitrogens is 1. The van der Waals surface area contributed by atoms with Crippen molar-refractivity contribution in [3.8, 4) is 0 Å². The largest absolute Gasteiger partial charge is 0.394 e. The van der Waals surface area contributed by atoms with Crippen LogP contribution in [0.3, 0.4) is 0 Å². The highest BCUT2D eigenvalue weighted by molar-refractivity contribution is 6.31. The number of benzene rings is 2. The molecule has 0 bridgehead atoms. The fourth-order valence-electron chi connectivity index (χ4n) is 2.73. The molecule has 0 saturated heterocycles. The Hall–Kier alpha value is -2.04. The van der Waals surface area contributed by atoms with Gasteiger partial charge in [0.25, 0.3) is 0 Å². The fourth-order valence-corrected chi connectivity index (χ4v) is 2.90. The molecule has 3 N–H and O–H groups in total. The molecule has 4 nitrogen and oxygen atoms in total. The van der Waals surface area contributed by atoms with Crippen LogP contribution in [0.5, 0.6) is 0 Å². The van der Waals surface area contributed by atoms with Gasteiger partial charge in [-0.1, -0.05) is 23.7 Å². The molecule has 0 saturated carbocycles. The van der Waals surface area contributed by atoms with E-state index in [-0.39, 0.29) is 24.5 Å². The van der Waals surface area contributed by atoms with Gasteiger partial charge in [0, 0.05) is 32.9 Å². The van der Waals surface area contributed by atoms with Crippen LogP contribution in [0.1, 0.15) is 25.3 Å². The van der Waals surface area contributed by atoms with Crippen LogP contribution in [0, 0.1) is 0 Å². The summed E-state index contributed by atoms with van der Waals surface area (Å²) in [7, 11) is 0. The second kappa shape index (κ2) is 6.22. The van der Waals surface area contributed by atoms with Gasteiger partial charge in [0.15, 0.2) is 0 Å². The Kier molecular flexibility index (Phi) is 4.28. The SMILES string of the molecule is C[C@@H](CO)NC(=O)[C@H](C)c1ccc2c(c1)[nH]c1ccc(Cl)cc12. The van der Waals surface area contributed by atoms with Crippen molar-refractivity contribution in [2.24, 2.45) is 0 Å². The smallest absolute Gasteiger partial charge is 0.227 e. The number of rotatable bonds is 4. The molecule has 0 radical (unpaired) electrons. The van der Waals surface area contributed by atoms with Crippen LogP contribution in [0.15, 0.2) is 36.4 Å². The number of carbonyl (C=O) groups is 1. The van der Waals surface area contributed by atoms with Gasteiger partial charge in [0.2, 0.25) is 5.91 Å². The number of nitrogens with one attached hydrogen (secondary N) is 2. The first-order chi connectivity index (χ1) is 11.0. The Morgan fingerprint density at radius 2 is 1.96 bits per heavy atom. The average molecular weight is 331 g/mol. The quantitative estimate of drug-likeness (QED) is 0.684. The molecule has 3 rings (SSSR count). The maximum Gasteiger partial charge on any atom is 0.227 e. The van der Waals surface area contributed by atoms with E-state index in [1.165, 1.54) is 0 Å². The first-order valence-corrected chi connectivity index (χ1v) is 7.99.